The van der Waals surface area contributed by atoms with Crippen molar-refractivity contribution in [3.63, 3.8) is 0 Å². The van der Waals surface area contributed by atoms with E-state index in [2.05, 4.69) is 28.5 Å². The number of aliphatic imine (C=N–C) groups is 1. The molecule has 0 bridgehead atoms. The second-order valence-corrected chi connectivity index (χ2v) is 10.0. The first-order chi connectivity index (χ1) is 20.7. The van der Waals surface area contributed by atoms with Gasteiger partial charge in [-0.15, -0.1) is 0 Å². The van der Waals surface area contributed by atoms with E-state index in [1.807, 2.05) is 24.0 Å². The van der Waals surface area contributed by atoms with E-state index in [-0.39, 0.29) is 23.7 Å². The average Bonchev–Trinajstić information content (AvgIpc) is 3.01. The molecule has 1 aliphatic rings. The van der Waals surface area contributed by atoms with Gasteiger partial charge in [-0.3, -0.25) is 19.6 Å². The van der Waals surface area contributed by atoms with Crippen LogP contribution in [0.3, 0.4) is 0 Å². The van der Waals surface area contributed by atoms with Crippen LogP contribution >= 0.6 is 0 Å². The maximum absolute atomic E-state index is 13.1. The molecule has 1 fully saturated rings. The third kappa shape index (κ3) is 9.22. The number of halogens is 1. The van der Waals surface area contributed by atoms with Crippen LogP contribution in [-0.2, 0) is 4.79 Å². The number of pyridine rings is 1. The smallest absolute Gasteiger partial charge is 0.255 e. The molecule has 2 aromatic carbocycles. The van der Waals surface area contributed by atoms with Crippen molar-refractivity contribution in [1.29, 1.82) is 0 Å². The number of benzene rings is 2. The minimum absolute atomic E-state index is 0.00538. The number of aromatic nitrogens is 1. The number of anilines is 1. The van der Waals surface area contributed by atoms with E-state index in [1.54, 1.807) is 42.6 Å². The van der Waals surface area contributed by atoms with E-state index >= 15 is 0 Å². The number of nitrogens with one attached hydrogen (secondary N) is 1. The van der Waals surface area contributed by atoms with Crippen molar-refractivity contribution >= 4 is 28.9 Å². The van der Waals surface area contributed by atoms with Gasteiger partial charge in [0.15, 0.2) is 0 Å². The zero-order chi connectivity index (χ0) is 30.8. The Balaban J connectivity index is 1.27. The molecule has 0 saturated carbocycles. The van der Waals surface area contributed by atoms with Gasteiger partial charge in [-0.1, -0.05) is 20.1 Å². The number of allylic oxidation sites excluding steroid dienone is 2. The van der Waals surface area contributed by atoms with Crippen molar-refractivity contribution in [2.45, 2.75) is 39.2 Å². The van der Waals surface area contributed by atoms with E-state index in [4.69, 9.17) is 9.47 Å². The van der Waals surface area contributed by atoms with Crippen molar-refractivity contribution in [3.8, 4) is 11.5 Å². The Bertz CT molecular complexity index is 1510. The summed E-state index contributed by atoms with van der Waals surface area (Å²) in [7, 11) is 0. The molecule has 0 spiro atoms. The number of piperidine rings is 1. The maximum Gasteiger partial charge on any atom is 0.255 e. The second kappa shape index (κ2) is 14.7. The summed E-state index contributed by atoms with van der Waals surface area (Å²) in [5.74, 6) is 1.05. The van der Waals surface area contributed by atoms with Gasteiger partial charge in [0.05, 0.1) is 17.0 Å². The average molecular weight is 583 g/mol. The van der Waals surface area contributed by atoms with Crippen LogP contribution in [-0.4, -0.2) is 46.6 Å². The lowest BCUT2D eigenvalue weighted by atomic mass is 10.1. The van der Waals surface area contributed by atoms with Crippen LogP contribution in [0.25, 0.3) is 5.70 Å². The summed E-state index contributed by atoms with van der Waals surface area (Å²) in [4.78, 5) is 35.1. The second-order valence-electron chi connectivity index (χ2n) is 10.0. The first-order valence-corrected chi connectivity index (χ1v) is 14.1. The fourth-order valence-corrected chi connectivity index (χ4v) is 4.40. The lowest BCUT2D eigenvalue weighted by Gasteiger charge is -2.32. The number of likely N-dealkylation sites (tertiary alicyclic amines) is 1. The van der Waals surface area contributed by atoms with Gasteiger partial charge in [-0.05, 0) is 79.2 Å². The normalized spacial score (nSPS) is 13.9. The van der Waals surface area contributed by atoms with Crippen LogP contribution in [0.4, 0.5) is 10.1 Å². The topological polar surface area (TPSA) is 93.1 Å². The van der Waals surface area contributed by atoms with Gasteiger partial charge in [-0.2, -0.15) is 0 Å². The van der Waals surface area contributed by atoms with E-state index in [0.29, 0.717) is 66.5 Å². The van der Waals surface area contributed by atoms with Gasteiger partial charge in [0.2, 0.25) is 5.91 Å². The molecule has 0 aliphatic carbocycles. The summed E-state index contributed by atoms with van der Waals surface area (Å²) in [6.45, 7) is 12.5. The maximum atomic E-state index is 13.1. The minimum atomic E-state index is -0.339. The first kappa shape index (κ1) is 30.9. The summed E-state index contributed by atoms with van der Waals surface area (Å²) in [6.07, 6.45) is 7.09. The van der Waals surface area contributed by atoms with Gasteiger partial charge >= 0.3 is 0 Å². The Hall–Kier alpha value is -5.05. The summed E-state index contributed by atoms with van der Waals surface area (Å²) in [5, 5.41) is 2.73. The Morgan fingerprint density at radius 3 is 2.30 bits per heavy atom. The largest absolute Gasteiger partial charge is 0.490 e. The molecule has 8 nitrogen and oxygen atoms in total. The van der Waals surface area contributed by atoms with Crippen molar-refractivity contribution in [1.82, 2.24) is 9.88 Å². The number of carbonyl (C=O) groups is 2. The third-order valence-corrected chi connectivity index (χ3v) is 6.68. The SMILES string of the molecule is C=C(/C=C\C(CC)=NC(=C)c1ccc(C(=O)N2CCC(Oc3ccc(NC(C)=O)cc3)CC2)cn1)Oc1ccc(F)cc1. The van der Waals surface area contributed by atoms with Crippen LogP contribution in [0.2, 0.25) is 0 Å². The number of carbonyl (C=O) groups excluding carboxylic acids is 2. The number of hydrogen-bond acceptors (Lipinski definition) is 6. The highest BCUT2D eigenvalue weighted by Crippen LogP contribution is 2.23. The van der Waals surface area contributed by atoms with E-state index < -0.39 is 0 Å². The number of amides is 2. The van der Waals surface area contributed by atoms with Gasteiger partial charge in [0.25, 0.3) is 5.91 Å². The van der Waals surface area contributed by atoms with Gasteiger partial charge in [-0.25, -0.2) is 4.39 Å². The molecule has 0 atom stereocenters. The molecule has 1 saturated heterocycles. The van der Waals surface area contributed by atoms with Gasteiger partial charge < -0.3 is 19.7 Å². The quantitative estimate of drug-likeness (QED) is 0.152. The van der Waals surface area contributed by atoms with Crippen LogP contribution in [0, 0.1) is 5.82 Å². The standard InChI is InChI=1S/C34H35FN4O4/c1-5-28(10-6-23(2)42-30-13-8-27(35)9-14-30)37-24(3)33-17-7-26(22-36-33)34(41)39-20-18-32(19-21-39)43-31-15-11-29(12-16-31)38-25(4)40/h6-17,22,32H,2-3,5,18-21H2,1,4H3,(H,38,40)/b10-6-,37-28?. The lowest BCUT2D eigenvalue weighted by molar-refractivity contribution is -0.114. The molecule has 1 aliphatic heterocycles. The van der Waals surface area contributed by atoms with Crippen molar-refractivity contribution in [2.75, 3.05) is 18.4 Å². The summed E-state index contributed by atoms with van der Waals surface area (Å²) < 4.78 is 24.8. The van der Waals surface area contributed by atoms with Crippen LogP contribution < -0.4 is 14.8 Å². The predicted molar refractivity (Wildman–Crippen MR) is 167 cm³/mol. The first-order valence-electron chi connectivity index (χ1n) is 14.1. The Kier molecular flexibility index (Phi) is 10.6. The summed E-state index contributed by atoms with van der Waals surface area (Å²) >= 11 is 0. The van der Waals surface area contributed by atoms with Crippen LogP contribution in [0.5, 0.6) is 11.5 Å². The van der Waals surface area contributed by atoms with E-state index in [1.165, 1.54) is 31.2 Å². The number of hydrogen-bond donors (Lipinski definition) is 1. The van der Waals surface area contributed by atoms with Crippen molar-refractivity contribution in [3.05, 3.63) is 115 Å². The highest BCUT2D eigenvalue weighted by Gasteiger charge is 2.25. The lowest BCUT2D eigenvalue weighted by Crippen LogP contribution is -2.41. The fraction of sp³-hybridized carbons (Fsp3) is 0.235. The highest BCUT2D eigenvalue weighted by atomic mass is 19.1. The van der Waals surface area contributed by atoms with Gasteiger partial charge in [0.1, 0.15) is 29.2 Å². The molecule has 2 heterocycles. The van der Waals surface area contributed by atoms with E-state index in [0.717, 1.165) is 11.5 Å². The molecular weight excluding hydrogens is 547 g/mol. The summed E-state index contributed by atoms with van der Waals surface area (Å²) in [5.41, 5.74) is 2.99. The molecule has 0 radical (unpaired) electrons. The monoisotopic (exact) mass is 582 g/mol. The Morgan fingerprint density at radius 2 is 1.70 bits per heavy atom. The molecule has 1 N–H and O–H groups in total. The molecule has 222 valence electrons. The fourth-order valence-electron chi connectivity index (χ4n) is 4.40. The number of nitrogens with zero attached hydrogens (tertiary/aromatic N) is 3. The van der Waals surface area contributed by atoms with Crippen LogP contribution in [0.15, 0.2) is 103 Å². The molecule has 3 aromatic rings. The van der Waals surface area contributed by atoms with Crippen molar-refractivity contribution < 1.29 is 23.5 Å². The Labute approximate surface area is 251 Å². The zero-order valence-corrected chi connectivity index (χ0v) is 24.4. The molecule has 2 amide bonds. The zero-order valence-electron chi connectivity index (χ0n) is 24.4. The Morgan fingerprint density at radius 1 is 1.02 bits per heavy atom. The molecular formula is C34H35FN4O4. The minimum Gasteiger partial charge on any atom is -0.490 e. The van der Waals surface area contributed by atoms with Gasteiger partial charge in [0, 0.05) is 50.5 Å². The predicted octanol–water partition coefficient (Wildman–Crippen LogP) is 6.83. The number of ether oxygens (including phenoxy) is 2. The molecule has 4 rings (SSSR count). The highest BCUT2D eigenvalue weighted by molar-refractivity contribution is 5.98. The third-order valence-electron chi connectivity index (χ3n) is 6.68. The molecule has 43 heavy (non-hydrogen) atoms. The van der Waals surface area contributed by atoms with Crippen LogP contribution in [0.1, 0.15) is 49.2 Å². The van der Waals surface area contributed by atoms with E-state index in [9.17, 15) is 14.0 Å². The molecule has 1 aromatic heterocycles. The van der Waals surface area contributed by atoms with Crippen molar-refractivity contribution in [2.24, 2.45) is 4.99 Å². The summed E-state index contributed by atoms with van der Waals surface area (Å²) in [6, 6.07) is 16.4. The number of rotatable bonds is 11. The molecule has 9 heteroatoms. The molecule has 0 unspecified atom stereocenters.